The maximum Gasteiger partial charge on any atom is 0.228 e. The molecule has 0 radical (unpaired) electrons. The molecule has 1 aromatic heterocycles. The van der Waals surface area contributed by atoms with E-state index in [1.807, 2.05) is 31.2 Å². The van der Waals surface area contributed by atoms with Crippen LogP contribution in [-0.4, -0.2) is 28.7 Å². The minimum Gasteiger partial charge on any atom is -0.491 e. The van der Waals surface area contributed by atoms with Gasteiger partial charge in [-0.2, -0.15) is 0 Å². The zero-order valence-corrected chi connectivity index (χ0v) is 12.6. The van der Waals surface area contributed by atoms with Crippen molar-refractivity contribution >= 4 is 22.5 Å². The third-order valence-electron chi connectivity index (χ3n) is 3.77. The van der Waals surface area contributed by atoms with Gasteiger partial charge in [0.05, 0.1) is 6.10 Å². The molecule has 2 aromatic rings. The second-order valence-corrected chi connectivity index (χ2v) is 5.78. The molecular weight excluding hydrogens is 280 g/mol. The van der Waals surface area contributed by atoms with Crippen molar-refractivity contribution in [2.24, 2.45) is 5.92 Å². The molecule has 0 saturated heterocycles. The monoisotopic (exact) mass is 300 g/mol. The van der Waals surface area contributed by atoms with Crippen molar-refractivity contribution in [3.63, 3.8) is 0 Å². The lowest BCUT2D eigenvalue weighted by atomic mass is 10.1. The van der Waals surface area contributed by atoms with Gasteiger partial charge < -0.3 is 15.2 Å². The third kappa shape index (κ3) is 3.54. The Hall–Kier alpha value is -2.14. The molecule has 3 rings (SSSR count). The Kier molecular flexibility index (Phi) is 4.24. The fraction of sp³-hybridized carbons (Fsp3) is 0.412. The standard InChI is InChI=1S/C17H20N2O3/c1-11(6-7-20)22-15-5-4-13-9-16(18-10-14(13)8-15)19-17(21)12-2-3-12/h4-5,8-12,20H,2-3,6-7H2,1H3,(H,18,19,21). The van der Waals surface area contributed by atoms with Crippen LogP contribution >= 0.6 is 0 Å². The van der Waals surface area contributed by atoms with Gasteiger partial charge in [0.1, 0.15) is 11.6 Å². The molecule has 2 N–H and O–H groups in total. The Morgan fingerprint density at radius 3 is 2.95 bits per heavy atom. The van der Waals surface area contributed by atoms with Crippen molar-refractivity contribution < 1.29 is 14.6 Å². The summed E-state index contributed by atoms with van der Waals surface area (Å²) in [5, 5.41) is 13.7. The lowest BCUT2D eigenvalue weighted by Crippen LogP contribution is -2.14. The van der Waals surface area contributed by atoms with Gasteiger partial charge in [-0.05, 0) is 43.4 Å². The number of benzene rings is 1. The molecule has 1 heterocycles. The number of fused-ring (bicyclic) bond motifs is 1. The van der Waals surface area contributed by atoms with E-state index in [-0.39, 0.29) is 24.5 Å². The van der Waals surface area contributed by atoms with Crippen LogP contribution in [0, 0.1) is 5.92 Å². The van der Waals surface area contributed by atoms with Crippen LogP contribution in [0.5, 0.6) is 5.75 Å². The first-order valence-corrected chi connectivity index (χ1v) is 7.64. The fourth-order valence-electron chi connectivity index (χ4n) is 2.31. The Morgan fingerprint density at radius 2 is 2.23 bits per heavy atom. The van der Waals surface area contributed by atoms with Crippen LogP contribution in [0.4, 0.5) is 5.82 Å². The molecule has 1 atom stereocenters. The number of amides is 1. The lowest BCUT2D eigenvalue weighted by molar-refractivity contribution is -0.117. The Balaban J connectivity index is 1.74. The Labute approximate surface area is 129 Å². The van der Waals surface area contributed by atoms with Crippen LogP contribution in [0.1, 0.15) is 26.2 Å². The minimum atomic E-state index is -0.0347. The fourth-order valence-corrected chi connectivity index (χ4v) is 2.31. The molecule has 116 valence electrons. The molecule has 1 saturated carbocycles. The molecule has 1 amide bonds. The molecule has 1 aliphatic carbocycles. The number of hydrogen-bond donors (Lipinski definition) is 2. The van der Waals surface area contributed by atoms with Crippen LogP contribution in [0.15, 0.2) is 30.5 Å². The van der Waals surface area contributed by atoms with Crippen LogP contribution in [0.3, 0.4) is 0 Å². The number of hydrogen-bond acceptors (Lipinski definition) is 4. The van der Waals surface area contributed by atoms with Gasteiger partial charge in [-0.3, -0.25) is 4.79 Å². The molecule has 1 unspecified atom stereocenters. The molecule has 0 bridgehead atoms. The number of aliphatic hydroxyl groups is 1. The van der Waals surface area contributed by atoms with E-state index in [0.29, 0.717) is 12.2 Å². The average molecular weight is 300 g/mol. The summed E-state index contributed by atoms with van der Waals surface area (Å²) in [6, 6.07) is 7.63. The second-order valence-electron chi connectivity index (χ2n) is 5.78. The number of aromatic nitrogens is 1. The molecule has 5 heteroatoms. The van der Waals surface area contributed by atoms with E-state index in [1.54, 1.807) is 6.20 Å². The van der Waals surface area contributed by atoms with E-state index in [2.05, 4.69) is 10.3 Å². The number of anilines is 1. The van der Waals surface area contributed by atoms with Gasteiger partial charge in [-0.25, -0.2) is 4.98 Å². The van der Waals surface area contributed by atoms with Crippen molar-refractivity contribution in [3.8, 4) is 5.75 Å². The van der Waals surface area contributed by atoms with Gasteiger partial charge in [-0.1, -0.05) is 6.07 Å². The predicted octanol–water partition coefficient (Wildman–Crippen LogP) is 2.73. The lowest BCUT2D eigenvalue weighted by Gasteiger charge is -2.14. The summed E-state index contributed by atoms with van der Waals surface area (Å²) in [5.74, 6) is 1.57. The number of nitrogens with zero attached hydrogens (tertiary/aromatic N) is 1. The average Bonchev–Trinajstić information content (AvgIpc) is 3.32. The number of aliphatic hydroxyl groups excluding tert-OH is 1. The normalized spacial score (nSPS) is 15.5. The smallest absolute Gasteiger partial charge is 0.228 e. The van der Waals surface area contributed by atoms with E-state index in [0.717, 1.165) is 29.4 Å². The summed E-state index contributed by atoms with van der Waals surface area (Å²) < 4.78 is 5.74. The van der Waals surface area contributed by atoms with Crippen molar-refractivity contribution in [1.82, 2.24) is 4.98 Å². The maximum atomic E-state index is 11.8. The molecule has 1 aliphatic rings. The van der Waals surface area contributed by atoms with Gasteiger partial charge in [0, 0.05) is 30.5 Å². The van der Waals surface area contributed by atoms with Gasteiger partial charge in [-0.15, -0.1) is 0 Å². The summed E-state index contributed by atoms with van der Waals surface area (Å²) in [7, 11) is 0. The highest BCUT2D eigenvalue weighted by molar-refractivity contribution is 5.95. The van der Waals surface area contributed by atoms with Crippen LogP contribution in [-0.2, 0) is 4.79 Å². The van der Waals surface area contributed by atoms with Crippen LogP contribution in [0.25, 0.3) is 10.8 Å². The first-order valence-electron chi connectivity index (χ1n) is 7.64. The molecule has 1 fully saturated rings. The summed E-state index contributed by atoms with van der Waals surface area (Å²) in [4.78, 5) is 16.0. The molecule has 22 heavy (non-hydrogen) atoms. The number of carbonyl (C=O) groups excluding carboxylic acids is 1. The maximum absolute atomic E-state index is 11.8. The summed E-state index contributed by atoms with van der Waals surface area (Å²) in [6.45, 7) is 2.04. The summed E-state index contributed by atoms with van der Waals surface area (Å²) in [5.41, 5.74) is 0. The molecule has 0 aliphatic heterocycles. The van der Waals surface area contributed by atoms with Gasteiger partial charge >= 0.3 is 0 Å². The van der Waals surface area contributed by atoms with E-state index >= 15 is 0 Å². The highest BCUT2D eigenvalue weighted by Crippen LogP contribution is 2.30. The summed E-state index contributed by atoms with van der Waals surface area (Å²) >= 11 is 0. The first-order chi connectivity index (χ1) is 10.7. The Morgan fingerprint density at radius 1 is 1.41 bits per heavy atom. The SMILES string of the molecule is CC(CCO)Oc1ccc2cc(NC(=O)C3CC3)ncc2c1. The first kappa shape index (κ1) is 14.8. The van der Waals surface area contributed by atoms with Crippen molar-refractivity contribution in [2.45, 2.75) is 32.3 Å². The van der Waals surface area contributed by atoms with E-state index in [9.17, 15) is 4.79 Å². The number of carbonyl (C=O) groups is 1. The number of ether oxygens (including phenoxy) is 1. The van der Waals surface area contributed by atoms with E-state index in [1.165, 1.54) is 0 Å². The van der Waals surface area contributed by atoms with Gasteiger partial charge in [0.2, 0.25) is 5.91 Å². The topological polar surface area (TPSA) is 71.5 Å². The predicted molar refractivity (Wildman–Crippen MR) is 84.9 cm³/mol. The molecular formula is C17H20N2O3. The highest BCUT2D eigenvalue weighted by Gasteiger charge is 2.29. The second kappa shape index (κ2) is 6.32. The van der Waals surface area contributed by atoms with Crippen molar-refractivity contribution in [2.75, 3.05) is 11.9 Å². The highest BCUT2D eigenvalue weighted by atomic mass is 16.5. The van der Waals surface area contributed by atoms with E-state index in [4.69, 9.17) is 9.84 Å². The molecule has 1 aromatic carbocycles. The van der Waals surface area contributed by atoms with E-state index < -0.39 is 0 Å². The number of nitrogens with one attached hydrogen (secondary N) is 1. The minimum absolute atomic E-state index is 0.0347. The third-order valence-corrected chi connectivity index (χ3v) is 3.77. The number of pyridine rings is 1. The van der Waals surface area contributed by atoms with Crippen molar-refractivity contribution in [1.29, 1.82) is 0 Å². The molecule has 5 nitrogen and oxygen atoms in total. The zero-order chi connectivity index (χ0) is 15.5. The number of rotatable bonds is 6. The quantitative estimate of drug-likeness (QED) is 0.860. The van der Waals surface area contributed by atoms with Crippen LogP contribution in [0.2, 0.25) is 0 Å². The Bertz CT molecular complexity index is 683. The van der Waals surface area contributed by atoms with Crippen molar-refractivity contribution in [3.05, 3.63) is 30.5 Å². The van der Waals surface area contributed by atoms with Crippen LogP contribution < -0.4 is 10.1 Å². The van der Waals surface area contributed by atoms with Gasteiger partial charge in [0.25, 0.3) is 0 Å². The van der Waals surface area contributed by atoms with Gasteiger partial charge in [0.15, 0.2) is 0 Å². The summed E-state index contributed by atoms with van der Waals surface area (Å²) in [6.07, 6.45) is 4.26. The largest absolute Gasteiger partial charge is 0.491 e. The zero-order valence-electron chi connectivity index (χ0n) is 12.6. The molecule has 0 spiro atoms.